The number of benzene rings is 1. The molecule has 3 aromatic rings. The first-order valence-electron chi connectivity index (χ1n) is 6.56. The van der Waals surface area contributed by atoms with Gasteiger partial charge in [0.05, 0.1) is 17.6 Å². The van der Waals surface area contributed by atoms with Crippen molar-refractivity contribution in [2.24, 2.45) is 7.05 Å². The summed E-state index contributed by atoms with van der Waals surface area (Å²) in [4.78, 5) is 31.1. The number of fused-ring (bicyclic) bond motifs is 1. The van der Waals surface area contributed by atoms with E-state index in [2.05, 4.69) is 15.3 Å². The Kier molecular flexibility index (Phi) is 3.31. The predicted molar refractivity (Wildman–Crippen MR) is 77.6 cm³/mol. The van der Waals surface area contributed by atoms with Crippen molar-refractivity contribution in [1.29, 1.82) is 0 Å². The Hall–Kier alpha value is -2.83. The second kappa shape index (κ2) is 5.28. The first-order valence-corrected chi connectivity index (χ1v) is 6.56. The first kappa shape index (κ1) is 13.2. The molecule has 0 unspecified atom stereocenters. The summed E-state index contributed by atoms with van der Waals surface area (Å²) in [6, 6.07) is 7.40. The van der Waals surface area contributed by atoms with Crippen LogP contribution < -0.4 is 11.0 Å². The molecule has 0 aliphatic rings. The molecule has 0 fully saturated rings. The standard InChI is InChI=1S/C14H15N5O2/c1-18-10-4-2-3-5-11(10)19(14(18)21)9-13(20)17-8-12-15-6-7-16-12/h2-7H,8-9H2,1H3,(H,15,16)(H,17,20). The van der Waals surface area contributed by atoms with Crippen molar-refractivity contribution >= 4 is 16.9 Å². The summed E-state index contributed by atoms with van der Waals surface area (Å²) in [5.41, 5.74) is 1.35. The summed E-state index contributed by atoms with van der Waals surface area (Å²) in [6.45, 7) is 0.298. The van der Waals surface area contributed by atoms with Crippen molar-refractivity contribution in [3.8, 4) is 0 Å². The third-order valence-electron chi connectivity index (χ3n) is 3.36. The Morgan fingerprint density at radius 2 is 2.10 bits per heavy atom. The Labute approximate surface area is 120 Å². The Morgan fingerprint density at radius 1 is 1.33 bits per heavy atom. The molecule has 2 aromatic heterocycles. The van der Waals surface area contributed by atoms with Crippen LogP contribution in [0.2, 0.25) is 0 Å². The van der Waals surface area contributed by atoms with Gasteiger partial charge in [0.15, 0.2) is 0 Å². The summed E-state index contributed by atoms with van der Waals surface area (Å²) in [5, 5.41) is 2.73. The fourth-order valence-corrected chi connectivity index (χ4v) is 2.29. The Morgan fingerprint density at radius 3 is 2.81 bits per heavy atom. The van der Waals surface area contributed by atoms with Crippen LogP contribution in [0.3, 0.4) is 0 Å². The number of carbonyl (C=O) groups is 1. The molecule has 2 heterocycles. The lowest BCUT2D eigenvalue weighted by molar-refractivity contribution is -0.121. The number of rotatable bonds is 4. The number of hydrogen-bond acceptors (Lipinski definition) is 3. The minimum Gasteiger partial charge on any atom is -0.347 e. The fraction of sp³-hybridized carbons (Fsp3) is 0.214. The average molecular weight is 285 g/mol. The van der Waals surface area contributed by atoms with Crippen molar-refractivity contribution in [1.82, 2.24) is 24.4 Å². The minimum atomic E-state index is -0.232. The van der Waals surface area contributed by atoms with E-state index in [0.29, 0.717) is 12.4 Å². The highest BCUT2D eigenvalue weighted by Crippen LogP contribution is 2.11. The number of aryl methyl sites for hydroxylation is 1. The van der Waals surface area contributed by atoms with Gasteiger partial charge in [-0.15, -0.1) is 0 Å². The number of hydrogen-bond donors (Lipinski definition) is 2. The second-order valence-corrected chi connectivity index (χ2v) is 4.73. The van der Waals surface area contributed by atoms with E-state index in [1.807, 2.05) is 24.3 Å². The normalized spacial score (nSPS) is 10.9. The second-order valence-electron chi connectivity index (χ2n) is 4.73. The van der Waals surface area contributed by atoms with Crippen LogP contribution in [0.15, 0.2) is 41.5 Å². The molecule has 0 radical (unpaired) electrons. The van der Waals surface area contributed by atoms with Crippen LogP contribution in [0, 0.1) is 0 Å². The zero-order valence-corrected chi connectivity index (χ0v) is 11.5. The maximum absolute atomic E-state index is 12.2. The van der Waals surface area contributed by atoms with Crippen LogP contribution in [0.25, 0.3) is 11.0 Å². The zero-order valence-electron chi connectivity index (χ0n) is 11.5. The van der Waals surface area contributed by atoms with Gasteiger partial charge in [-0.2, -0.15) is 0 Å². The molecule has 7 nitrogen and oxygen atoms in total. The largest absolute Gasteiger partial charge is 0.347 e. The van der Waals surface area contributed by atoms with E-state index in [0.717, 1.165) is 11.0 Å². The summed E-state index contributed by atoms with van der Waals surface area (Å²) < 4.78 is 3.00. The van der Waals surface area contributed by atoms with E-state index >= 15 is 0 Å². The molecule has 108 valence electrons. The maximum atomic E-state index is 12.2. The van der Waals surface area contributed by atoms with Crippen molar-refractivity contribution in [2.75, 3.05) is 0 Å². The number of aromatic amines is 1. The Bertz CT molecular complexity index is 829. The molecule has 0 aliphatic heterocycles. The third kappa shape index (κ3) is 2.45. The van der Waals surface area contributed by atoms with Gasteiger partial charge >= 0.3 is 5.69 Å². The summed E-state index contributed by atoms with van der Waals surface area (Å²) >= 11 is 0. The van der Waals surface area contributed by atoms with Gasteiger partial charge in [0.2, 0.25) is 5.91 Å². The van der Waals surface area contributed by atoms with Crippen LogP contribution in [-0.4, -0.2) is 25.0 Å². The number of para-hydroxylation sites is 2. The van der Waals surface area contributed by atoms with Crippen LogP contribution in [0.1, 0.15) is 5.82 Å². The topological polar surface area (TPSA) is 84.7 Å². The van der Waals surface area contributed by atoms with E-state index in [-0.39, 0.29) is 18.1 Å². The summed E-state index contributed by atoms with van der Waals surface area (Å²) in [5.74, 6) is 0.443. The molecule has 1 amide bonds. The van der Waals surface area contributed by atoms with Crippen molar-refractivity contribution in [2.45, 2.75) is 13.1 Å². The molecule has 0 atom stereocenters. The van der Waals surface area contributed by atoms with Crippen LogP contribution in [-0.2, 0) is 24.9 Å². The van der Waals surface area contributed by atoms with E-state index < -0.39 is 0 Å². The third-order valence-corrected chi connectivity index (χ3v) is 3.36. The summed E-state index contributed by atoms with van der Waals surface area (Å²) in [6.07, 6.45) is 3.31. The van der Waals surface area contributed by atoms with Crippen LogP contribution in [0.5, 0.6) is 0 Å². The number of amides is 1. The van der Waals surface area contributed by atoms with Gasteiger partial charge in [-0.05, 0) is 12.1 Å². The number of nitrogens with one attached hydrogen (secondary N) is 2. The van der Waals surface area contributed by atoms with E-state index in [4.69, 9.17) is 0 Å². The van der Waals surface area contributed by atoms with Crippen LogP contribution in [0.4, 0.5) is 0 Å². The highest BCUT2D eigenvalue weighted by molar-refractivity contribution is 5.80. The smallest absolute Gasteiger partial charge is 0.329 e. The summed E-state index contributed by atoms with van der Waals surface area (Å²) in [7, 11) is 1.70. The van der Waals surface area contributed by atoms with Crippen molar-refractivity contribution in [3.63, 3.8) is 0 Å². The molecule has 0 spiro atoms. The monoisotopic (exact) mass is 285 g/mol. The molecular formula is C14H15N5O2. The number of aromatic nitrogens is 4. The van der Waals surface area contributed by atoms with Crippen molar-refractivity contribution in [3.05, 3.63) is 53.0 Å². The molecule has 1 aromatic carbocycles. The maximum Gasteiger partial charge on any atom is 0.329 e. The molecule has 0 bridgehead atoms. The quantitative estimate of drug-likeness (QED) is 0.726. The lowest BCUT2D eigenvalue weighted by Crippen LogP contribution is -2.32. The fourth-order valence-electron chi connectivity index (χ4n) is 2.29. The molecule has 3 rings (SSSR count). The number of nitrogens with zero attached hydrogens (tertiary/aromatic N) is 3. The highest BCUT2D eigenvalue weighted by atomic mass is 16.2. The van der Waals surface area contributed by atoms with Gasteiger partial charge in [-0.3, -0.25) is 13.9 Å². The molecule has 21 heavy (non-hydrogen) atoms. The van der Waals surface area contributed by atoms with E-state index in [1.54, 1.807) is 19.4 Å². The number of carbonyl (C=O) groups excluding carboxylic acids is 1. The lowest BCUT2D eigenvalue weighted by Gasteiger charge is -2.04. The highest BCUT2D eigenvalue weighted by Gasteiger charge is 2.13. The van der Waals surface area contributed by atoms with Gasteiger partial charge < -0.3 is 10.3 Å². The van der Waals surface area contributed by atoms with Gasteiger partial charge in [0, 0.05) is 19.4 Å². The number of imidazole rings is 2. The minimum absolute atomic E-state index is 0.0130. The lowest BCUT2D eigenvalue weighted by atomic mass is 10.3. The SMILES string of the molecule is Cn1c(=O)n(CC(=O)NCc2ncc[nH]2)c2ccccc21. The Balaban J connectivity index is 1.80. The van der Waals surface area contributed by atoms with Crippen molar-refractivity contribution < 1.29 is 4.79 Å². The first-order chi connectivity index (χ1) is 10.2. The molecule has 7 heteroatoms. The average Bonchev–Trinajstić information content (AvgIpc) is 3.09. The van der Waals surface area contributed by atoms with Gasteiger partial charge in [0.25, 0.3) is 0 Å². The molecule has 2 N–H and O–H groups in total. The molecule has 0 saturated carbocycles. The zero-order chi connectivity index (χ0) is 14.8. The van der Waals surface area contributed by atoms with Gasteiger partial charge in [-0.25, -0.2) is 9.78 Å². The van der Waals surface area contributed by atoms with E-state index in [9.17, 15) is 9.59 Å². The molecule has 0 aliphatic carbocycles. The predicted octanol–water partition coefficient (Wildman–Crippen LogP) is 0.380. The van der Waals surface area contributed by atoms with Crippen LogP contribution >= 0.6 is 0 Å². The molecular weight excluding hydrogens is 270 g/mol. The van der Waals surface area contributed by atoms with E-state index in [1.165, 1.54) is 9.13 Å². The number of H-pyrrole nitrogens is 1. The molecule has 0 saturated heterocycles. The van der Waals surface area contributed by atoms with Gasteiger partial charge in [-0.1, -0.05) is 12.1 Å². The van der Waals surface area contributed by atoms with Gasteiger partial charge in [0.1, 0.15) is 12.4 Å².